The van der Waals surface area contributed by atoms with Gasteiger partial charge in [-0.1, -0.05) is 72.8 Å². The number of fused-ring (bicyclic) bond motifs is 6. The summed E-state index contributed by atoms with van der Waals surface area (Å²) in [5.74, 6) is 0.616. The third-order valence-electron chi connectivity index (χ3n) is 9.44. The Balaban J connectivity index is 1.20. The standard InChI is InChI=1S/C44H28N6/c1-2-12-32(13-3-1)49-24-21-30-26-36-29(27-42(30)49)19-20-35-34-15-4-5-18-41(34)50(43(35)36)33-14-10-11-31(25-33)44-47-39(37-16-6-8-22-45-37)28-40(48-44)38-17-7-9-23-46-38/h1-28H. The highest BCUT2D eigenvalue weighted by Crippen LogP contribution is 2.39. The second kappa shape index (κ2) is 11.4. The molecule has 0 amide bonds. The van der Waals surface area contributed by atoms with Crippen LogP contribution in [0.15, 0.2) is 170 Å². The van der Waals surface area contributed by atoms with E-state index in [-0.39, 0.29) is 0 Å². The molecular formula is C44H28N6. The first-order valence-electron chi connectivity index (χ1n) is 16.6. The van der Waals surface area contributed by atoms with Gasteiger partial charge in [-0.25, -0.2) is 9.97 Å². The van der Waals surface area contributed by atoms with Crippen molar-refractivity contribution in [2.45, 2.75) is 0 Å². The van der Waals surface area contributed by atoms with E-state index in [0.717, 1.165) is 45.2 Å². The first kappa shape index (κ1) is 28.1. The molecular weight excluding hydrogens is 613 g/mol. The zero-order valence-corrected chi connectivity index (χ0v) is 26.8. The molecule has 5 aromatic heterocycles. The van der Waals surface area contributed by atoms with Crippen molar-refractivity contribution in [1.29, 1.82) is 0 Å². The van der Waals surface area contributed by atoms with E-state index < -0.39 is 0 Å². The minimum atomic E-state index is 0.616. The zero-order chi connectivity index (χ0) is 33.0. The lowest BCUT2D eigenvalue weighted by molar-refractivity contribution is 1.13. The summed E-state index contributed by atoms with van der Waals surface area (Å²) in [6.45, 7) is 0. The first-order valence-corrected chi connectivity index (χ1v) is 16.6. The Morgan fingerprint density at radius 1 is 0.420 bits per heavy atom. The van der Waals surface area contributed by atoms with Gasteiger partial charge in [-0.2, -0.15) is 0 Å². The monoisotopic (exact) mass is 640 g/mol. The van der Waals surface area contributed by atoms with Gasteiger partial charge in [-0.05, 0) is 84.2 Å². The number of benzene rings is 5. The van der Waals surface area contributed by atoms with Gasteiger partial charge >= 0.3 is 0 Å². The Kier molecular flexibility index (Phi) is 6.39. The van der Waals surface area contributed by atoms with Crippen molar-refractivity contribution in [3.63, 3.8) is 0 Å². The summed E-state index contributed by atoms with van der Waals surface area (Å²) >= 11 is 0. The smallest absolute Gasteiger partial charge is 0.160 e. The largest absolute Gasteiger partial charge is 0.317 e. The molecule has 0 aliphatic carbocycles. The van der Waals surface area contributed by atoms with Gasteiger partial charge < -0.3 is 9.13 Å². The summed E-state index contributed by atoms with van der Waals surface area (Å²) in [5.41, 5.74) is 9.65. The lowest BCUT2D eigenvalue weighted by Crippen LogP contribution is -1.99. The predicted molar refractivity (Wildman–Crippen MR) is 203 cm³/mol. The quantitative estimate of drug-likeness (QED) is 0.188. The van der Waals surface area contributed by atoms with Gasteiger partial charge in [0.05, 0.1) is 39.3 Å². The van der Waals surface area contributed by atoms with Crippen LogP contribution in [0.3, 0.4) is 0 Å². The highest BCUT2D eigenvalue weighted by molar-refractivity contribution is 6.20. The molecule has 5 aromatic carbocycles. The molecule has 0 bridgehead atoms. The maximum absolute atomic E-state index is 5.04. The first-order chi connectivity index (χ1) is 24.8. The van der Waals surface area contributed by atoms with Crippen LogP contribution in [-0.4, -0.2) is 29.1 Å². The number of hydrogen-bond donors (Lipinski definition) is 0. The minimum absolute atomic E-state index is 0.616. The minimum Gasteiger partial charge on any atom is -0.317 e. The van der Waals surface area contributed by atoms with Gasteiger partial charge in [-0.15, -0.1) is 0 Å². The Bertz CT molecular complexity index is 2800. The SMILES string of the molecule is c1ccc(-n2ccc3cc4c(ccc5c6ccccc6n(-c6cccc(-c7nc(-c8ccccn8)cc(-c8ccccn8)n7)c6)c45)cc32)cc1. The van der Waals surface area contributed by atoms with Gasteiger partial charge in [0, 0.05) is 57.1 Å². The van der Waals surface area contributed by atoms with Crippen LogP contribution in [0.2, 0.25) is 0 Å². The zero-order valence-electron chi connectivity index (χ0n) is 26.8. The lowest BCUT2D eigenvalue weighted by Gasteiger charge is -2.13. The molecule has 50 heavy (non-hydrogen) atoms. The molecule has 0 N–H and O–H groups in total. The summed E-state index contributed by atoms with van der Waals surface area (Å²) in [5, 5.41) is 6.01. The molecule has 0 radical (unpaired) electrons. The molecule has 0 unspecified atom stereocenters. The fourth-order valence-electron chi connectivity index (χ4n) is 7.15. The molecule has 5 heterocycles. The topological polar surface area (TPSA) is 61.4 Å². The Hall–Kier alpha value is -6.92. The molecule has 0 saturated carbocycles. The molecule has 0 spiro atoms. The summed E-state index contributed by atoms with van der Waals surface area (Å²) in [4.78, 5) is 19.3. The van der Waals surface area contributed by atoms with Crippen LogP contribution in [0.25, 0.3) is 89.0 Å². The second-order valence-electron chi connectivity index (χ2n) is 12.4. The number of hydrogen-bond acceptors (Lipinski definition) is 4. The predicted octanol–water partition coefficient (Wildman–Crippen LogP) is 10.5. The van der Waals surface area contributed by atoms with E-state index in [1.54, 1.807) is 12.4 Å². The number of rotatable bonds is 5. The van der Waals surface area contributed by atoms with Crippen molar-refractivity contribution in [2.75, 3.05) is 0 Å². The molecule has 6 heteroatoms. The van der Waals surface area contributed by atoms with Crippen LogP contribution in [0, 0.1) is 0 Å². The Morgan fingerprint density at radius 2 is 1.14 bits per heavy atom. The average molecular weight is 641 g/mol. The van der Waals surface area contributed by atoms with Crippen molar-refractivity contribution < 1.29 is 0 Å². The van der Waals surface area contributed by atoms with Gasteiger partial charge in [0.15, 0.2) is 5.82 Å². The molecule has 6 nitrogen and oxygen atoms in total. The number of nitrogens with zero attached hydrogens (tertiary/aromatic N) is 6. The number of aromatic nitrogens is 6. The van der Waals surface area contributed by atoms with Crippen LogP contribution in [0.1, 0.15) is 0 Å². The molecule has 0 saturated heterocycles. The molecule has 0 atom stereocenters. The fourth-order valence-corrected chi connectivity index (χ4v) is 7.15. The molecule has 10 rings (SSSR count). The van der Waals surface area contributed by atoms with Crippen LogP contribution < -0.4 is 0 Å². The summed E-state index contributed by atoms with van der Waals surface area (Å²) in [6.07, 6.45) is 5.73. The van der Waals surface area contributed by atoms with Crippen molar-refractivity contribution in [1.82, 2.24) is 29.1 Å². The van der Waals surface area contributed by atoms with Gasteiger partial charge in [0.1, 0.15) is 0 Å². The van der Waals surface area contributed by atoms with Crippen molar-refractivity contribution in [3.8, 4) is 45.5 Å². The van der Waals surface area contributed by atoms with Crippen LogP contribution >= 0.6 is 0 Å². The molecule has 0 aliphatic rings. The third kappa shape index (κ3) is 4.58. The molecule has 0 aliphatic heterocycles. The lowest BCUT2D eigenvalue weighted by atomic mass is 10.0. The van der Waals surface area contributed by atoms with Gasteiger partial charge in [0.25, 0.3) is 0 Å². The van der Waals surface area contributed by atoms with E-state index in [0.29, 0.717) is 5.82 Å². The van der Waals surface area contributed by atoms with E-state index >= 15 is 0 Å². The van der Waals surface area contributed by atoms with Crippen LogP contribution in [0.5, 0.6) is 0 Å². The van der Waals surface area contributed by atoms with Crippen LogP contribution in [0.4, 0.5) is 0 Å². The highest BCUT2D eigenvalue weighted by atomic mass is 15.0. The van der Waals surface area contributed by atoms with Gasteiger partial charge in [0.2, 0.25) is 0 Å². The highest BCUT2D eigenvalue weighted by Gasteiger charge is 2.18. The van der Waals surface area contributed by atoms with Crippen molar-refractivity contribution >= 4 is 43.5 Å². The maximum atomic E-state index is 5.04. The number of para-hydroxylation sites is 2. The molecule has 234 valence electrons. The van der Waals surface area contributed by atoms with E-state index in [9.17, 15) is 0 Å². The van der Waals surface area contributed by atoms with Gasteiger partial charge in [-0.3, -0.25) is 9.97 Å². The van der Waals surface area contributed by atoms with E-state index in [2.05, 4.69) is 134 Å². The van der Waals surface area contributed by atoms with Crippen LogP contribution in [-0.2, 0) is 0 Å². The van der Waals surface area contributed by atoms with E-state index in [1.165, 1.54) is 38.0 Å². The summed E-state index contributed by atoms with van der Waals surface area (Å²) < 4.78 is 4.65. The Morgan fingerprint density at radius 3 is 1.90 bits per heavy atom. The summed E-state index contributed by atoms with van der Waals surface area (Å²) in [7, 11) is 0. The third-order valence-corrected chi connectivity index (χ3v) is 9.44. The molecule has 10 aromatic rings. The maximum Gasteiger partial charge on any atom is 0.160 e. The van der Waals surface area contributed by atoms with E-state index in [1.807, 2.05) is 42.5 Å². The van der Waals surface area contributed by atoms with Crippen molar-refractivity contribution in [2.24, 2.45) is 0 Å². The second-order valence-corrected chi connectivity index (χ2v) is 12.4. The average Bonchev–Trinajstić information content (AvgIpc) is 3.77. The Labute approximate surface area is 287 Å². The number of pyridine rings is 2. The van der Waals surface area contributed by atoms with E-state index in [4.69, 9.17) is 9.97 Å². The molecule has 0 fully saturated rings. The van der Waals surface area contributed by atoms with Crippen molar-refractivity contribution in [3.05, 3.63) is 170 Å². The normalized spacial score (nSPS) is 11.6. The fraction of sp³-hybridized carbons (Fsp3) is 0. The summed E-state index contributed by atoms with van der Waals surface area (Å²) in [6, 6.07) is 52.7.